The molecule has 4 N–H and O–H groups in total. The second-order valence-electron chi connectivity index (χ2n) is 18.1. The van der Waals surface area contributed by atoms with Gasteiger partial charge in [0.2, 0.25) is 0 Å². The molecule has 0 unspecified atom stereocenters. The first-order chi connectivity index (χ1) is 26.9. The van der Waals surface area contributed by atoms with Crippen LogP contribution in [-0.2, 0) is 19.2 Å². The summed E-state index contributed by atoms with van der Waals surface area (Å²) in [5.41, 5.74) is 0. The number of hydrogen-bond acceptors (Lipinski definition) is 4. The van der Waals surface area contributed by atoms with Crippen molar-refractivity contribution in [2.75, 3.05) is 80.5 Å². The molecule has 0 radical (unpaired) electrons. The molecule has 10 nitrogen and oxygen atoms in total. The van der Waals surface area contributed by atoms with Gasteiger partial charge < -0.3 is 30.2 Å². The van der Waals surface area contributed by atoms with Crippen molar-refractivity contribution in [3.05, 3.63) is 0 Å². The third-order valence-electron chi connectivity index (χ3n) is 10.8. The average molecular weight is 795 g/mol. The van der Waals surface area contributed by atoms with Gasteiger partial charge in [0.25, 0.3) is 23.6 Å². The molecule has 0 atom stereocenters. The molecule has 0 aromatic carbocycles. The minimum atomic E-state index is -0.157. The summed E-state index contributed by atoms with van der Waals surface area (Å²) in [6.45, 7) is 7.36. The largest absolute Gasteiger partial charge is 0.351 e. The topological polar surface area (TPSA) is 116 Å². The Labute approximate surface area is 346 Å². The first-order valence-corrected chi connectivity index (χ1v) is 23.6. The summed E-state index contributed by atoms with van der Waals surface area (Å²) in [7, 11) is 7.51. The molecule has 0 aromatic rings. The van der Waals surface area contributed by atoms with Crippen molar-refractivity contribution in [3.8, 4) is 0 Å². The van der Waals surface area contributed by atoms with E-state index in [4.69, 9.17) is 0 Å². The van der Waals surface area contributed by atoms with Gasteiger partial charge in [0.15, 0.2) is 26.2 Å². The molecule has 0 saturated heterocycles. The van der Waals surface area contributed by atoms with E-state index < -0.39 is 0 Å². The van der Waals surface area contributed by atoms with Gasteiger partial charge >= 0.3 is 0 Å². The van der Waals surface area contributed by atoms with Crippen molar-refractivity contribution in [1.29, 1.82) is 0 Å². The monoisotopic (exact) mass is 795 g/mol. The van der Waals surface area contributed by atoms with Crippen LogP contribution in [-0.4, -0.2) is 113 Å². The van der Waals surface area contributed by atoms with Crippen LogP contribution in [0.3, 0.4) is 0 Å². The fraction of sp³-hybridized carbons (Fsp3) is 0.913. The van der Waals surface area contributed by atoms with Crippen LogP contribution in [0.1, 0.15) is 194 Å². The minimum absolute atomic E-state index is 0.0333. The second-order valence-corrected chi connectivity index (χ2v) is 18.1. The van der Waals surface area contributed by atoms with Crippen LogP contribution >= 0.6 is 0 Å². The summed E-state index contributed by atoms with van der Waals surface area (Å²) >= 11 is 0. The van der Waals surface area contributed by atoms with Gasteiger partial charge in [-0.05, 0) is 12.8 Å². The van der Waals surface area contributed by atoms with Gasteiger partial charge in [0.1, 0.15) is 0 Å². The van der Waals surface area contributed by atoms with Crippen LogP contribution in [0.15, 0.2) is 0 Å². The first kappa shape index (κ1) is 53.8. The lowest BCUT2D eigenvalue weighted by Crippen LogP contribution is -2.54. The molecule has 0 aliphatic rings. The summed E-state index contributed by atoms with van der Waals surface area (Å²) in [6, 6.07) is 0. The molecule has 0 spiro atoms. The maximum atomic E-state index is 12.6. The lowest BCUT2D eigenvalue weighted by atomic mass is 10.0. The molecular weight excluding hydrogens is 701 g/mol. The maximum absolute atomic E-state index is 12.6. The molecule has 0 rings (SSSR count). The number of amides is 4. The van der Waals surface area contributed by atoms with Crippen LogP contribution in [0, 0.1) is 0 Å². The van der Waals surface area contributed by atoms with Crippen molar-refractivity contribution in [1.82, 2.24) is 21.3 Å². The van der Waals surface area contributed by atoms with Crippen LogP contribution in [0.2, 0.25) is 0 Å². The van der Waals surface area contributed by atoms with Gasteiger partial charge in [-0.25, -0.2) is 0 Å². The summed E-state index contributed by atoms with van der Waals surface area (Å²) in [4.78, 5) is 50.2. The SMILES string of the molecule is CCCCCCCCCCCCCCCCNC(=O)C[N+](C)(C)CC(=O)NCCNC(=O)C[N+](C)(C)CC(=O)NCCCCCCCCCCCCCCCC. The Kier molecular flexibility index (Phi) is 35.6. The summed E-state index contributed by atoms with van der Waals surface area (Å²) in [6.07, 6.45) is 36.7. The molecule has 0 fully saturated rings. The Morgan fingerprint density at radius 1 is 0.286 bits per heavy atom. The highest BCUT2D eigenvalue weighted by Crippen LogP contribution is 2.14. The van der Waals surface area contributed by atoms with Gasteiger partial charge in [0.05, 0.1) is 28.2 Å². The fourth-order valence-electron chi connectivity index (χ4n) is 7.39. The lowest BCUT2D eigenvalue weighted by Gasteiger charge is -2.28. The lowest BCUT2D eigenvalue weighted by molar-refractivity contribution is -0.874. The van der Waals surface area contributed by atoms with E-state index >= 15 is 0 Å². The minimum Gasteiger partial charge on any atom is -0.351 e. The first-order valence-electron chi connectivity index (χ1n) is 23.6. The number of quaternary nitrogens is 2. The third-order valence-corrected chi connectivity index (χ3v) is 10.8. The normalized spacial score (nSPS) is 11.8. The number of carbonyl (C=O) groups excluding carboxylic acids is 4. The number of nitrogens with one attached hydrogen (secondary N) is 4. The Bertz CT molecular complexity index is 897. The molecule has 0 bridgehead atoms. The molecule has 330 valence electrons. The van der Waals surface area contributed by atoms with Crippen LogP contribution in [0.25, 0.3) is 0 Å². The second kappa shape index (κ2) is 37.1. The molecule has 0 saturated carbocycles. The molecule has 56 heavy (non-hydrogen) atoms. The zero-order valence-corrected chi connectivity index (χ0v) is 38.0. The Hall–Kier alpha value is -2.20. The molecule has 0 aliphatic carbocycles. The van der Waals surface area contributed by atoms with Gasteiger partial charge in [-0.2, -0.15) is 0 Å². The number of rotatable bonds is 41. The Balaban J connectivity index is 3.83. The van der Waals surface area contributed by atoms with E-state index in [0.717, 1.165) is 25.7 Å². The number of hydrogen-bond donors (Lipinski definition) is 4. The highest BCUT2D eigenvalue weighted by atomic mass is 16.2. The van der Waals surface area contributed by atoms with Crippen molar-refractivity contribution >= 4 is 23.6 Å². The smallest absolute Gasteiger partial charge is 0.275 e. The predicted octanol–water partition coefficient (Wildman–Crippen LogP) is 8.57. The highest BCUT2D eigenvalue weighted by molar-refractivity contribution is 5.80. The van der Waals surface area contributed by atoms with E-state index in [1.54, 1.807) is 0 Å². The van der Waals surface area contributed by atoms with E-state index in [1.165, 1.54) is 154 Å². The van der Waals surface area contributed by atoms with Crippen molar-refractivity contribution in [2.24, 2.45) is 0 Å². The Morgan fingerprint density at radius 2 is 0.464 bits per heavy atom. The van der Waals surface area contributed by atoms with Crippen LogP contribution in [0.4, 0.5) is 0 Å². The Morgan fingerprint density at radius 3 is 0.679 bits per heavy atom. The van der Waals surface area contributed by atoms with Crippen LogP contribution in [0.5, 0.6) is 0 Å². The van der Waals surface area contributed by atoms with E-state index in [2.05, 4.69) is 35.1 Å². The van der Waals surface area contributed by atoms with E-state index in [1.807, 2.05) is 28.2 Å². The maximum Gasteiger partial charge on any atom is 0.275 e. The third kappa shape index (κ3) is 38.7. The molecule has 0 aliphatic heterocycles. The number of nitrogens with zero attached hydrogens (tertiary/aromatic N) is 2. The number of unbranched alkanes of at least 4 members (excludes halogenated alkanes) is 26. The molecule has 0 aromatic heterocycles. The highest BCUT2D eigenvalue weighted by Gasteiger charge is 2.25. The number of carbonyl (C=O) groups is 4. The van der Waals surface area contributed by atoms with Crippen molar-refractivity contribution < 1.29 is 28.1 Å². The summed E-state index contributed by atoms with van der Waals surface area (Å²) in [5.74, 6) is -0.380. The fourth-order valence-corrected chi connectivity index (χ4v) is 7.39. The zero-order chi connectivity index (χ0) is 41.6. The molecule has 0 heterocycles. The van der Waals surface area contributed by atoms with Crippen molar-refractivity contribution in [3.63, 3.8) is 0 Å². The average Bonchev–Trinajstić information content (AvgIpc) is 3.12. The van der Waals surface area contributed by atoms with Gasteiger partial charge in [-0.1, -0.05) is 181 Å². The molecular formula is C46H94N6O4+2. The van der Waals surface area contributed by atoms with E-state index in [9.17, 15) is 19.2 Å². The van der Waals surface area contributed by atoms with Gasteiger partial charge in [-0.3, -0.25) is 19.2 Å². The number of likely N-dealkylation sites (N-methyl/N-ethyl adjacent to an activating group) is 2. The predicted molar refractivity (Wildman–Crippen MR) is 236 cm³/mol. The molecule has 10 heteroatoms. The van der Waals surface area contributed by atoms with E-state index in [0.29, 0.717) is 26.2 Å². The van der Waals surface area contributed by atoms with E-state index in [-0.39, 0.29) is 58.8 Å². The van der Waals surface area contributed by atoms with Gasteiger partial charge in [0, 0.05) is 26.2 Å². The molecule has 4 amide bonds. The standard InChI is InChI=1S/C46H92N6O4/c1-7-9-11-13-15-17-19-21-23-25-27-29-31-33-35-47-43(53)39-51(3,4)41-45(55)49-37-38-50-46(56)42-52(5,6)40-44(54)48-36-34-32-30-28-26-24-22-20-18-16-14-12-10-8-2/h7-42H2,1-6H3,(H2-2,47,48,49,50,53,54,55,56)/p+2. The zero-order valence-electron chi connectivity index (χ0n) is 38.0. The summed E-state index contributed by atoms with van der Waals surface area (Å²) in [5, 5.41) is 11.8. The van der Waals surface area contributed by atoms with Crippen LogP contribution < -0.4 is 21.3 Å². The van der Waals surface area contributed by atoms with Gasteiger partial charge in [-0.15, -0.1) is 0 Å². The van der Waals surface area contributed by atoms with Crippen molar-refractivity contribution in [2.45, 2.75) is 194 Å². The quantitative estimate of drug-likeness (QED) is 0.0367. The summed E-state index contributed by atoms with van der Waals surface area (Å²) < 4.78 is 0.520.